The average Bonchev–Trinajstić information content (AvgIpc) is 3.49. The number of ether oxygens (including phenoxy) is 1. The molecule has 6 nitrogen and oxygen atoms in total. The van der Waals surface area contributed by atoms with Crippen molar-refractivity contribution in [2.75, 3.05) is 6.54 Å². The smallest absolute Gasteiger partial charge is 0.406 e. The summed E-state index contributed by atoms with van der Waals surface area (Å²) in [6.45, 7) is 3.91. The van der Waals surface area contributed by atoms with E-state index in [4.69, 9.17) is 0 Å². The number of carbonyl (C=O) groups excluding carboxylic acids is 1. The number of likely N-dealkylation sites (N-methyl/N-ethyl adjacent to an activating group) is 1. The molecular weight excluding hydrogens is 513 g/mol. The standard InChI is InChI=1S/C25H25F3N2O4S2/c1-3-30(36(32,33)22-12-7-17(2)35-22)24(13-14-24)23(31)29-16-18-5-4-6-20(15-18)19-8-10-21(11-9-19)34-25(26,27)28/h4-12,15H,3,13-14,16H2,1-2H3,(H,29,31). The lowest BCUT2D eigenvalue weighted by molar-refractivity contribution is -0.274. The fourth-order valence-corrected chi connectivity index (χ4v) is 7.32. The van der Waals surface area contributed by atoms with Crippen LogP contribution in [-0.2, 0) is 21.4 Å². The molecule has 2 aromatic carbocycles. The van der Waals surface area contributed by atoms with E-state index in [1.54, 1.807) is 25.1 Å². The molecule has 4 rings (SSSR count). The number of thiophene rings is 1. The Morgan fingerprint density at radius 2 is 1.78 bits per heavy atom. The van der Waals surface area contributed by atoms with Crippen LogP contribution in [0, 0.1) is 6.92 Å². The first-order valence-corrected chi connectivity index (χ1v) is 13.5. The van der Waals surface area contributed by atoms with E-state index in [-0.39, 0.29) is 29.0 Å². The van der Waals surface area contributed by atoms with E-state index in [2.05, 4.69) is 10.1 Å². The molecule has 3 aromatic rings. The van der Waals surface area contributed by atoms with Gasteiger partial charge in [-0.2, -0.15) is 4.31 Å². The van der Waals surface area contributed by atoms with Crippen LogP contribution in [0.3, 0.4) is 0 Å². The average molecular weight is 539 g/mol. The molecule has 1 amide bonds. The van der Waals surface area contributed by atoms with Crippen LogP contribution < -0.4 is 10.1 Å². The Morgan fingerprint density at radius 3 is 2.33 bits per heavy atom. The van der Waals surface area contributed by atoms with Crippen molar-refractivity contribution >= 4 is 27.3 Å². The summed E-state index contributed by atoms with van der Waals surface area (Å²) >= 11 is 1.18. The summed E-state index contributed by atoms with van der Waals surface area (Å²) in [7, 11) is -3.80. The highest BCUT2D eigenvalue weighted by Gasteiger charge is 2.58. The normalized spacial score (nSPS) is 15.1. The Kier molecular flexibility index (Phi) is 7.18. The zero-order valence-corrected chi connectivity index (χ0v) is 21.3. The van der Waals surface area contributed by atoms with E-state index in [9.17, 15) is 26.4 Å². The van der Waals surface area contributed by atoms with Crippen molar-refractivity contribution in [1.29, 1.82) is 0 Å². The van der Waals surface area contributed by atoms with Crippen molar-refractivity contribution < 1.29 is 31.1 Å². The van der Waals surface area contributed by atoms with Gasteiger partial charge in [0.1, 0.15) is 15.5 Å². The second kappa shape index (κ2) is 9.87. The van der Waals surface area contributed by atoms with E-state index >= 15 is 0 Å². The van der Waals surface area contributed by atoms with Crippen molar-refractivity contribution in [1.82, 2.24) is 9.62 Å². The first-order chi connectivity index (χ1) is 16.9. The minimum atomic E-state index is -4.76. The van der Waals surface area contributed by atoms with Crippen molar-refractivity contribution in [2.24, 2.45) is 0 Å². The zero-order chi connectivity index (χ0) is 26.1. The number of benzene rings is 2. The Morgan fingerprint density at radius 1 is 1.08 bits per heavy atom. The van der Waals surface area contributed by atoms with Crippen LogP contribution in [0.25, 0.3) is 11.1 Å². The van der Waals surface area contributed by atoms with Crippen LogP contribution in [0.2, 0.25) is 0 Å². The van der Waals surface area contributed by atoms with Gasteiger partial charge in [0.2, 0.25) is 5.91 Å². The number of alkyl halides is 3. The van der Waals surface area contributed by atoms with Crippen molar-refractivity contribution in [3.05, 3.63) is 71.1 Å². The van der Waals surface area contributed by atoms with Crippen molar-refractivity contribution in [3.8, 4) is 16.9 Å². The summed E-state index contributed by atoms with van der Waals surface area (Å²) in [5, 5.41) is 2.87. The third kappa shape index (κ3) is 5.58. The second-order valence-corrected chi connectivity index (χ2v) is 11.9. The topological polar surface area (TPSA) is 75.7 Å². The van der Waals surface area contributed by atoms with Gasteiger partial charge in [0.15, 0.2) is 0 Å². The van der Waals surface area contributed by atoms with Gasteiger partial charge in [-0.15, -0.1) is 24.5 Å². The molecule has 0 spiro atoms. The van der Waals surface area contributed by atoms with Crippen LogP contribution in [-0.4, -0.2) is 37.1 Å². The van der Waals surface area contributed by atoms with Gasteiger partial charge in [0.05, 0.1) is 0 Å². The maximum atomic E-state index is 13.2. The molecule has 0 radical (unpaired) electrons. The number of sulfonamides is 1. The Balaban J connectivity index is 1.45. The molecule has 192 valence electrons. The van der Waals surface area contributed by atoms with Crippen LogP contribution in [0.1, 0.15) is 30.2 Å². The molecule has 11 heteroatoms. The molecule has 1 aliphatic carbocycles. The first kappa shape index (κ1) is 26.2. The number of nitrogens with one attached hydrogen (secondary N) is 1. The molecule has 1 saturated carbocycles. The van der Waals surface area contributed by atoms with Crippen LogP contribution >= 0.6 is 11.3 Å². The molecule has 1 aliphatic rings. The van der Waals surface area contributed by atoms with E-state index in [1.807, 2.05) is 25.1 Å². The number of rotatable bonds is 9. The molecule has 0 bridgehead atoms. The predicted octanol–water partition coefficient (Wildman–Crippen LogP) is 5.48. The summed E-state index contributed by atoms with van der Waals surface area (Å²) in [4.78, 5) is 14.0. The SMILES string of the molecule is CCN(C1(C(=O)NCc2cccc(-c3ccc(OC(F)(F)F)cc3)c2)CC1)S(=O)(=O)c1ccc(C)s1. The number of hydrogen-bond acceptors (Lipinski definition) is 5. The van der Waals surface area contributed by atoms with Crippen LogP contribution in [0.15, 0.2) is 64.9 Å². The molecule has 1 N–H and O–H groups in total. The highest BCUT2D eigenvalue weighted by atomic mass is 32.2. The summed E-state index contributed by atoms with van der Waals surface area (Å²) in [6, 6.07) is 16.1. The second-order valence-electron chi connectivity index (χ2n) is 8.52. The molecule has 0 saturated heterocycles. The quantitative estimate of drug-likeness (QED) is 0.391. The molecule has 1 aromatic heterocycles. The van der Waals surface area contributed by atoms with E-state index in [1.165, 1.54) is 39.9 Å². The third-order valence-corrected chi connectivity index (χ3v) is 9.48. The Hall–Kier alpha value is -2.89. The molecule has 0 unspecified atom stereocenters. The Bertz CT molecular complexity index is 1350. The maximum absolute atomic E-state index is 13.2. The third-order valence-electron chi connectivity index (χ3n) is 5.97. The summed E-state index contributed by atoms with van der Waals surface area (Å²) in [5.41, 5.74) is 1.11. The van der Waals surface area contributed by atoms with Gasteiger partial charge in [-0.05, 0) is 66.8 Å². The molecule has 0 aliphatic heterocycles. The lowest BCUT2D eigenvalue weighted by atomic mass is 10.0. The lowest BCUT2D eigenvalue weighted by Crippen LogP contribution is -2.51. The molecule has 36 heavy (non-hydrogen) atoms. The minimum absolute atomic E-state index is 0.177. The summed E-state index contributed by atoms with van der Waals surface area (Å²) < 4.78 is 69.0. The van der Waals surface area contributed by atoms with Crippen molar-refractivity contribution in [3.63, 3.8) is 0 Å². The van der Waals surface area contributed by atoms with Gasteiger partial charge in [0.25, 0.3) is 10.0 Å². The van der Waals surface area contributed by atoms with Crippen LogP contribution in [0.4, 0.5) is 13.2 Å². The number of amides is 1. The van der Waals surface area contributed by atoms with Crippen LogP contribution in [0.5, 0.6) is 5.75 Å². The Labute approximate surface area is 211 Å². The number of carbonyl (C=O) groups is 1. The highest BCUT2D eigenvalue weighted by molar-refractivity contribution is 7.91. The maximum Gasteiger partial charge on any atom is 0.573 e. The summed E-state index contributed by atoms with van der Waals surface area (Å²) in [5.74, 6) is -0.655. The monoisotopic (exact) mass is 538 g/mol. The van der Waals surface area contributed by atoms with Gasteiger partial charge in [-0.3, -0.25) is 4.79 Å². The van der Waals surface area contributed by atoms with Gasteiger partial charge in [0, 0.05) is 18.0 Å². The van der Waals surface area contributed by atoms with Crippen molar-refractivity contribution in [2.45, 2.75) is 49.3 Å². The lowest BCUT2D eigenvalue weighted by Gasteiger charge is -2.28. The fourth-order valence-electron chi connectivity index (χ4n) is 4.13. The number of nitrogens with zero attached hydrogens (tertiary/aromatic N) is 1. The van der Waals surface area contributed by atoms with E-state index in [0.29, 0.717) is 18.4 Å². The van der Waals surface area contributed by atoms with Gasteiger partial charge in [-0.25, -0.2) is 8.42 Å². The first-order valence-electron chi connectivity index (χ1n) is 11.3. The number of halogens is 3. The number of aryl methyl sites for hydroxylation is 1. The van der Waals surface area contributed by atoms with Gasteiger partial charge < -0.3 is 10.1 Å². The van der Waals surface area contributed by atoms with E-state index < -0.39 is 21.9 Å². The zero-order valence-electron chi connectivity index (χ0n) is 19.6. The minimum Gasteiger partial charge on any atom is -0.406 e. The molecule has 1 fully saturated rings. The summed E-state index contributed by atoms with van der Waals surface area (Å²) in [6.07, 6.45) is -3.86. The molecular formula is C25H25F3N2O4S2. The largest absolute Gasteiger partial charge is 0.573 e. The molecule has 0 atom stereocenters. The van der Waals surface area contributed by atoms with E-state index in [0.717, 1.165) is 16.0 Å². The molecule has 1 heterocycles. The van der Waals surface area contributed by atoms with Gasteiger partial charge in [-0.1, -0.05) is 37.3 Å². The predicted molar refractivity (Wildman–Crippen MR) is 131 cm³/mol. The van der Waals surface area contributed by atoms with Gasteiger partial charge >= 0.3 is 6.36 Å². The highest BCUT2D eigenvalue weighted by Crippen LogP contribution is 2.45. The number of hydrogen-bond donors (Lipinski definition) is 1. The fraction of sp³-hybridized carbons (Fsp3) is 0.320.